The predicted octanol–water partition coefficient (Wildman–Crippen LogP) is 5.36. The van der Waals surface area contributed by atoms with E-state index in [0.29, 0.717) is 42.6 Å². The van der Waals surface area contributed by atoms with Crippen molar-refractivity contribution >= 4 is 17.4 Å². The second-order valence-corrected chi connectivity index (χ2v) is 13.3. The molecule has 0 saturated carbocycles. The molecule has 6 heterocycles. The van der Waals surface area contributed by atoms with Gasteiger partial charge in [0, 0.05) is 57.4 Å². The Kier molecular flexibility index (Phi) is 10.0. The Morgan fingerprint density at radius 1 is 1.12 bits per heavy atom. The van der Waals surface area contributed by atoms with Crippen LogP contribution in [0.3, 0.4) is 0 Å². The smallest absolute Gasteiger partial charge is 0.417 e. The molecule has 2 aromatic heterocycles. The molecule has 2 atom stereocenters. The third kappa shape index (κ3) is 6.99. The largest absolute Gasteiger partial charge is 0.467 e. The van der Waals surface area contributed by atoms with Gasteiger partial charge in [-0.05, 0) is 68.0 Å². The van der Waals surface area contributed by atoms with Crippen LogP contribution in [0.25, 0.3) is 0 Å². The fourth-order valence-corrected chi connectivity index (χ4v) is 7.32. The molecular weight excluding hydrogens is 663 g/mol. The summed E-state index contributed by atoms with van der Waals surface area (Å²) in [4.78, 5) is 26.8. The van der Waals surface area contributed by atoms with E-state index in [-0.39, 0.29) is 53.8 Å². The molecule has 0 radical (unpaired) electrons. The van der Waals surface area contributed by atoms with Crippen LogP contribution in [0.1, 0.15) is 75.9 Å². The molecule has 4 aliphatic heterocycles. The summed E-state index contributed by atoms with van der Waals surface area (Å²) in [5, 5.41) is 4.21. The summed E-state index contributed by atoms with van der Waals surface area (Å²) >= 11 is 0. The van der Waals surface area contributed by atoms with Crippen LogP contribution in [0.15, 0.2) is 24.0 Å². The van der Waals surface area contributed by atoms with Crippen molar-refractivity contribution in [3.63, 3.8) is 0 Å². The van der Waals surface area contributed by atoms with Gasteiger partial charge in [-0.1, -0.05) is 0 Å². The minimum Gasteiger partial charge on any atom is -0.467 e. The number of carbonyl (C=O) groups excluding carboxylic acids is 1. The molecule has 0 aliphatic carbocycles. The summed E-state index contributed by atoms with van der Waals surface area (Å²) in [6, 6.07) is 3.28. The lowest BCUT2D eigenvalue weighted by atomic mass is 9.92. The molecule has 0 spiro atoms. The molecule has 2 unspecified atom stereocenters. The van der Waals surface area contributed by atoms with E-state index in [2.05, 4.69) is 20.0 Å². The molecule has 7 rings (SSSR count). The zero-order chi connectivity index (χ0) is 35.9. The summed E-state index contributed by atoms with van der Waals surface area (Å²) < 4.78 is 82.2. The van der Waals surface area contributed by atoms with Gasteiger partial charge in [0.1, 0.15) is 5.82 Å². The maximum absolute atomic E-state index is 15.4. The van der Waals surface area contributed by atoms with Crippen LogP contribution in [0, 0.1) is 12.7 Å². The standard InChI is InChI=1S/C26H29F4N7O3.C8H12FN/c1-13-8-14(31)9-15(20(13)26(28,29)30)19-10-17-16(12-40-19)23(33-25(32-17)39-4)36-6-5-7-37-18(11-36)21(27)22(34-37)24(38)35(2)3;9-5-7-4-8-2-1-3-10(8)6-7/h8-9,19H,5-7,10-12,31H2,1-4H3;5,8H,1-4,6H2/b;7-5-. The first-order chi connectivity index (χ1) is 23.8. The number of halogens is 5. The van der Waals surface area contributed by atoms with E-state index in [1.54, 1.807) is 0 Å². The normalized spacial score (nSPS) is 21.2. The Morgan fingerprint density at radius 2 is 1.90 bits per heavy atom. The predicted molar refractivity (Wildman–Crippen MR) is 175 cm³/mol. The van der Waals surface area contributed by atoms with Crippen molar-refractivity contribution in [3.05, 3.63) is 69.2 Å². The number of aromatic nitrogens is 4. The van der Waals surface area contributed by atoms with Crippen LogP contribution in [-0.2, 0) is 37.0 Å². The molecule has 3 aromatic rings. The van der Waals surface area contributed by atoms with Crippen molar-refractivity contribution in [3.8, 4) is 6.01 Å². The second kappa shape index (κ2) is 14.1. The van der Waals surface area contributed by atoms with E-state index in [4.69, 9.17) is 15.2 Å². The fraction of sp³-hybridized carbons (Fsp3) is 0.529. The number of ether oxygens (including phenoxy) is 2. The number of nitrogens with zero attached hydrogens (tertiary/aromatic N) is 7. The van der Waals surface area contributed by atoms with Gasteiger partial charge in [0.2, 0.25) is 0 Å². The zero-order valence-electron chi connectivity index (χ0n) is 28.5. The highest BCUT2D eigenvalue weighted by molar-refractivity contribution is 5.92. The van der Waals surface area contributed by atoms with E-state index in [1.165, 1.54) is 69.2 Å². The summed E-state index contributed by atoms with van der Waals surface area (Å²) in [5.74, 6) is -0.816. The molecule has 270 valence electrons. The Labute approximate surface area is 286 Å². The molecule has 50 heavy (non-hydrogen) atoms. The van der Waals surface area contributed by atoms with E-state index in [9.17, 15) is 22.4 Å². The summed E-state index contributed by atoms with van der Waals surface area (Å²) in [7, 11) is 4.43. The lowest BCUT2D eigenvalue weighted by Crippen LogP contribution is -2.29. The molecular formula is C34H41F5N8O3. The van der Waals surface area contributed by atoms with Crippen molar-refractivity contribution in [2.24, 2.45) is 0 Å². The van der Waals surface area contributed by atoms with Gasteiger partial charge in [-0.15, -0.1) is 0 Å². The molecule has 2 saturated heterocycles. The van der Waals surface area contributed by atoms with Gasteiger partial charge in [-0.3, -0.25) is 14.4 Å². The van der Waals surface area contributed by atoms with Crippen LogP contribution in [-0.4, -0.2) is 82.3 Å². The minimum absolute atomic E-state index is 0.00757. The highest BCUT2D eigenvalue weighted by Crippen LogP contribution is 2.43. The molecule has 11 nitrogen and oxygen atoms in total. The first-order valence-electron chi connectivity index (χ1n) is 16.6. The third-order valence-electron chi connectivity index (χ3n) is 9.66. The van der Waals surface area contributed by atoms with Gasteiger partial charge in [-0.2, -0.15) is 28.2 Å². The molecule has 1 aromatic carbocycles. The van der Waals surface area contributed by atoms with E-state index in [1.807, 2.05) is 4.90 Å². The molecule has 16 heteroatoms. The molecule has 2 N–H and O–H groups in total. The third-order valence-corrected chi connectivity index (χ3v) is 9.66. The van der Waals surface area contributed by atoms with Gasteiger partial charge >= 0.3 is 12.2 Å². The van der Waals surface area contributed by atoms with Gasteiger partial charge in [-0.25, -0.2) is 8.78 Å². The van der Waals surface area contributed by atoms with E-state index < -0.39 is 29.6 Å². The monoisotopic (exact) mass is 704 g/mol. The topological polar surface area (TPSA) is 115 Å². The number of carbonyl (C=O) groups is 1. The molecule has 0 bridgehead atoms. The number of nitrogens with two attached hydrogens (primary N) is 1. The number of methoxy groups -OCH3 is 1. The van der Waals surface area contributed by atoms with E-state index >= 15 is 4.39 Å². The van der Waals surface area contributed by atoms with Gasteiger partial charge in [0.25, 0.3) is 5.91 Å². The number of hydrogen-bond donors (Lipinski definition) is 1. The number of nitrogen functional groups attached to an aromatic ring is 1. The molecule has 2 fully saturated rings. The lowest BCUT2D eigenvalue weighted by Gasteiger charge is -2.31. The Balaban J connectivity index is 0.000000367. The summed E-state index contributed by atoms with van der Waals surface area (Å²) in [5.41, 5.74) is 7.27. The first kappa shape index (κ1) is 35.5. The number of hydrogen-bond acceptors (Lipinski definition) is 9. The van der Waals surface area contributed by atoms with Crippen LogP contribution >= 0.6 is 0 Å². The van der Waals surface area contributed by atoms with Gasteiger partial charge < -0.3 is 25.0 Å². The number of benzene rings is 1. The van der Waals surface area contributed by atoms with Crippen molar-refractivity contribution < 1.29 is 36.2 Å². The quantitative estimate of drug-likeness (QED) is 0.283. The van der Waals surface area contributed by atoms with Crippen LogP contribution in [0.5, 0.6) is 6.01 Å². The van der Waals surface area contributed by atoms with Crippen molar-refractivity contribution in [1.29, 1.82) is 0 Å². The first-order valence-corrected chi connectivity index (χ1v) is 16.6. The number of amides is 1. The average molecular weight is 705 g/mol. The SMILES string of the molecule is COc1nc2c(c(N3CCCn4nc(C(=O)N(C)C)c(F)c4C3)n1)COC(c1cc(N)cc(C)c1C(F)(F)F)C2.F/C=C1/CC2CCCN2C1. The summed E-state index contributed by atoms with van der Waals surface area (Å²) in [6.45, 7) is 4.28. The number of anilines is 2. The number of alkyl halides is 3. The fourth-order valence-electron chi connectivity index (χ4n) is 7.32. The van der Waals surface area contributed by atoms with Gasteiger partial charge in [0.15, 0.2) is 11.5 Å². The Bertz CT molecular complexity index is 1780. The highest BCUT2D eigenvalue weighted by atomic mass is 19.4. The summed E-state index contributed by atoms with van der Waals surface area (Å²) in [6.07, 6.45) is -0.602. The van der Waals surface area contributed by atoms with Crippen molar-refractivity contribution in [1.82, 2.24) is 29.5 Å². The zero-order valence-corrected chi connectivity index (χ0v) is 28.5. The lowest BCUT2D eigenvalue weighted by molar-refractivity contribution is -0.140. The Hall–Kier alpha value is -4.31. The van der Waals surface area contributed by atoms with Crippen LogP contribution in [0.4, 0.5) is 33.5 Å². The molecule has 1 amide bonds. The minimum atomic E-state index is -4.60. The number of fused-ring (bicyclic) bond motifs is 3. The number of rotatable bonds is 4. The van der Waals surface area contributed by atoms with E-state index in [0.717, 1.165) is 24.9 Å². The molecule has 4 aliphatic rings. The number of aryl methyl sites for hydroxylation is 2. The van der Waals surface area contributed by atoms with Crippen molar-refractivity contribution in [2.75, 3.05) is 51.5 Å². The van der Waals surface area contributed by atoms with Crippen molar-refractivity contribution in [2.45, 2.75) is 77.0 Å². The highest BCUT2D eigenvalue weighted by Gasteiger charge is 2.40. The maximum Gasteiger partial charge on any atom is 0.417 e. The Morgan fingerprint density at radius 3 is 2.58 bits per heavy atom. The van der Waals surface area contributed by atoms with Crippen LogP contribution < -0.4 is 15.4 Å². The average Bonchev–Trinajstić information content (AvgIpc) is 3.71. The van der Waals surface area contributed by atoms with Gasteiger partial charge in [0.05, 0.1) is 49.6 Å². The maximum atomic E-state index is 15.4. The second-order valence-electron chi connectivity index (χ2n) is 13.3. The van der Waals surface area contributed by atoms with Crippen LogP contribution in [0.2, 0.25) is 0 Å².